The van der Waals surface area contributed by atoms with E-state index in [0.29, 0.717) is 21.2 Å². The highest BCUT2D eigenvalue weighted by atomic mass is 35.5. The van der Waals surface area contributed by atoms with Crippen LogP contribution in [0.4, 0.5) is 18.9 Å². The Labute approximate surface area is 133 Å². The van der Waals surface area contributed by atoms with Gasteiger partial charge in [-0.25, -0.2) is 0 Å². The molecule has 22 heavy (non-hydrogen) atoms. The maximum atomic E-state index is 12.5. The van der Waals surface area contributed by atoms with Crippen molar-refractivity contribution >= 4 is 39.8 Å². The molecular formula is C14H8Cl2F3N3. The molecule has 3 aromatic rings. The van der Waals surface area contributed by atoms with Crippen LogP contribution in [0.25, 0.3) is 10.9 Å². The second-order valence-electron chi connectivity index (χ2n) is 4.59. The smallest absolute Gasteiger partial charge is 0.278 e. The number of anilines is 1. The number of nitrogens with one attached hydrogen (secondary N) is 1. The van der Waals surface area contributed by atoms with Crippen LogP contribution in [0.15, 0.2) is 42.6 Å². The minimum absolute atomic E-state index is 0.383. The average molecular weight is 346 g/mol. The van der Waals surface area contributed by atoms with Gasteiger partial charge < -0.3 is 0 Å². The fourth-order valence-corrected chi connectivity index (χ4v) is 2.27. The fraction of sp³-hybridized carbons (Fsp3) is 0.0714. The molecule has 0 aliphatic heterocycles. The Morgan fingerprint density at radius 1 is 1.00 bits per heavy atom. The first-order chi connectivity index (χ1) is 10.3. The van der Waals surface area contributed by atoms with E-state index in [1.54, 1.807) is 18.3 Å². The molecule has 114 valence electrons. The molecule has 8 heteroatoms. The highest BCUT2D eigenvalue weighted by molar-refractivity contribution is 6.42. The van der Waals surface area contributed by atoms with E-state index in [1.165, 1.54) is 16.9 Å². The summed E-state index contributed by atoms with van der Waals surface area (Å²) in [4.78, 5) is 1.39. The molecule has 1 N–H and O–H groups in total. The van der Waals surface area contributed by atoms with Crippen LogP contribution in [-0.2, 0) is 6.18 Å². The van der Waals surface area contributed by atoms with E-state index < -0.39 is 11.7 Å². The van der Waals surface area contributed by atoms with Crippen LogP contribution in [0.3, 0.4) is 0 Å². The summed E-state index contributed by atoms with van der Waals surface area (Å²) in [6, 6.07) is 7.93. The van der Waals surface area contributed by atoms with Crippen LogP contribution < -0.4 is 5.43 Å². The van der Waals surface area contributed by atoms with Crippen LogP contribution in [-0.4, -0.2) is 9.89 Å². The molecule has 0 amide bonds. The van der Waals surface area contributed by atoms with Gasteiger partial charge in [-0.1, -0.05) is 23.2 Å². The van der Waals surface area contributed by atoms with Gasteiger partial charge in [-0.3, -0.25) is 5.43 Å². The fourth-order valence-electron chi connectivity index (χ4n) is 1.94. The molecule has 3 rings (SSSR count). The molecule has 1 aromatic heterocycles. The number of fused-ring (bicyclic) bond motifs is 1. The third-order valence-electron chi connectivity index (χ3n) is 3.00. The molecule has 0 aliphatic carbocycles. The minimum Gasteiger partial charge on any atom is -0.278 e. The first-order valence-corrected chi connectivity index (χ1v) is 6.87. The van der Waals surface area contributed by atoms with Crippen molar-refractivity contribution in [3.05, 3.63) is 58.2 Å². The van der Waals surface area contributed by atoms with Crippen molar-refractivity contribution in [3.8, 4) is 0 Å². The van der Waals surface area contributed by atoms with E-state index in [0.717, 1.165) is 17.5 Å². The molecule has 0 spiro atoms. The Bertz CT molecular complexity index is 787. The molecule has 0 saturated carbocycles. The number of benzene rings is 2. The van der Waals surface area contributed by atoms with Gasteiger partial charge in [-0.05, 0) is 36.4 Å². The Morgan fingerprint density at radius 2 is 1.64 bits per heavy atom. The Hall–Kier alpha value is -1.92. The van der Waals surface area contributed by atoms with Gasteiger partial charge in [0, 0.05) is 5.39 Å². The molecule has 0 fully saturated rings. The number of hydrogen-bond acceptors (Lipinski definition) is 2. The first-order valence-electron chi connectivity index (χ1n) is 6.12. The third kappa shape index (κ3) is 2.98. The summed E-state index contributed by atoms with van der Waals surface area (Å²) in [5.74, 6) is 0. The van der Waals surface area contributed by atoms with Gasteiger partial charge in [0.15, 0.2) is 0 Å². The predicted octanol–water partition coefficient (Wildman–Crippen LogP) is 5.24. The molecule has 0 saturated heterocycles. The van der Waals surface area contributed by atoms with Gasteiger partial charge in [-0.15, -0.1) is 0 Å². The number of alkyl halides is 3. The topological polar surface area (TPSA) is 29.9 Å². The summed E-state index contributed by atoms with van der Waals surface area (Å²) in [7, 11) is 0. The summed E-state index contributed by atoms with van der Waals surface area (Å²) >= 11 is 11.8. The SMILES string of the molecule is FC(F)(F)c1ccc(Nn2cc3cc(Cl)c(Cl)cc3n2)cc1. The van der Waals surface area contributed by atoms with Crippen molar-refractivity contribution in [1.82, 2.24) is 9.89 Å². The molecule has 3 nitrogen and oxygen atoms in total. The molecule has 0 radical (unpaired) electrons. The standard InChI is InChI=1S/C14H8Cl2F3N3/c15-11-5-8-7-22(21-13(8)6-12(11)16)20-10-3-1-9(2-4-10)14(17,18)19/h1-7,20H. The van der Waals surface area contributed by atoms with Crippen LogP contribution >= 0.6 is 23.2 Å². The summed E-state index contributed by atoms with van der Waals surface area (Å²) in [5.41, 5.74) is 3.25. The summed E-state index contributed by atoms with van der Waals surface area (Å²) < 4.78 is 37.5. The number of halogens is 5. The molecule has 0 aliphatic rings. The van der Waals surface area contributed by atoms with Gasteiger partial charge in [0.25, 0.3) is 0 Å². The van der Waals surface area contributed by atoms with Gasteiger partial charge in [0.1, 0.15) is 0 Å². The van der Waals surface area contributed by atoms with E-state index in [1.807, 2.05) is 0 Å². The van der Waals surface area contributed by atoms with Crippen molar-refractivity contribution in [2.75, 3.05) is 5.43 Å². The maximum absolute atomic E-state index is 12.5. The van der Waals surface area contributed by atoms with Crippen LogP contribution in [0.5, 0.6) is 0 Å². The van der Waals surface area contributed by atoms with E-state index >= 15 is 0 Å². The van der Waals surface area contributed by atoms with E-state index in [2.05, 4.69) is 10.5 Å². The quantitative estimate of drug-likeness (QED) is 0.688. The normalized spacial score (nSPS) is 11.9. The predicted molar refractivity (Wildman–Crippen MR) is 80.2 cm³/mol. The van der Waals surface area contributed by atoms with Crippen molar-refractivity contribution in [2.45, 2.75) is 6.18 Å². The lowest BCUT2D eigenvalue weighted by Gasteiger charge is -2.09. The average Bonchev–Trinajstić information content (AvgIpc) is 2.80. The zero-order valence-electron chi connectivity index (χ0n) is 10.8. The first kappa shape index (κ1) is 15.0. The minimum atomic E-state index is -4.35. The van der Waals surface area contributed by atoms with Crippen LogP contribution in [0, 0.1) is 0 Å². The zero-order valence-corrected chi connectivity index (χ0v) is 12.3. The molecule has 1 heterocycles. The van der Waals surface area contributed by atoms with E-state index in [4.69, 9.17) is 23.2 Å². The highest BCUT2D eigenvalue weighted by Crippen LogP contribution is 2.30. The van der Waals surface area contributed by atoms with Crippen molar-refractivity contribution < 1.29 is 13.2 Å². The number of hydrogen-bond donors (Lipinski definition) is 1. The molecule has 0 atom stereocenters. The second kappa shape index (κ2) is 5.37. The number of rotatable bonds is 2. The lowest BCUT2D eigenvalue weighted by Crippen LogP contribution is -2.10. The monoisotopic (exact) mass is 345 g/mol. The summed E-state index contributed by atoms with van der Waals surface area (Å²) in [6.07, 6.45) is -2.69. The largest absolute Gasteiger partial charge is 0.416 e. The molecule has 0 unspecified atom stereocenters. The molecule has 2 aromatic carbocycles. The zero-order chi connectivity index (χ0) is 15.9. The third-order valence-corrected chi connectivity index (χ3v) is 3.72. The summed E-state index contributed by atoms with van der Waals surface area (Å²) in [5, 5.41) is 5.77. The van der Waals surface area contributed by atoms with Gasteiger partial charge in [0.05, 0.1) is 33.0 Å². The maximum Gasteiger partial charge on any atom is 0.416 e. The van der Waals surface area contributed by atoms with Crippen molar-refractivity contribution in [2.24, 2.45) is 0 Å². The number of nitrogens with zero attached hydrogens (tertiary/aromatic N) is 2. The highest BCUT2D eigenvalue weighted by Gasteiger charge is 2.29. The molecule has 0 bridgehead atoms. The lowest BCUT2D eigenvalue weighted by atomic mass is 10.2. The Kier molecular flexibility index (Phi) is 3.66. The van der Waals surface area contributed by atoms with Gasteiger partial charge >= 0.3 is 6.18 Å². The van der Waals surface area contributed by atoms with E-state index in [-0.39, 0.29) is 0 Å². The van der Waals surface area contributed by atoms with Crippen LogP contribution in [0.2, 0.25) is 10.0 Å². The van der Waals surface area contributed by atoms with Gasteiger partial charge in [-0.2, -0.15) is 23.1 Å². The van der Waals surface area contributed by atoms with Crippen molar-refractivity contribution in [1.29, 1.82) is 0 Å². The second-order valence-corrected chi connectivity index (χ2v) is 5.40. The lowest BCUT2D eigenvalue weighted by molar-refractivity contribution is -0.137. The Balaban J connectivity index is 1.87. The van der Waals surface area contributed by atoms with E-state index in [9.17, 15) is 13.2 Å². The van der Waals surface area contributed by atoms with Crippen LogP contribution in [0.1, 0.15) is 5.56 Å². The number of aromatic nitrogens is 2. The van der Waals surface area contributed by atoms with Crippen molar-refractivity contribution in [3.63, 3.8) is 0 Å². The van der Waals surface area contributed by atoms with Gasteiger partial charge in [0.2, 0.25) is 0 Å². The molecular weight excluding hydrogens is 338 g/mol. The summed E-state index contributed by atoms with van der Waals surface area (Å²) in [6.45, 7) is 0. The Morgan fingerprint density at radius 3 is 2.27 bits per heavy atom.